The van der Waals surface area contributed by atoms with Crippen molar-refractivity contribution in [1.82, 2.24) is 0 Å². The molecule has 0 radical (unpaired) electrons. The highest BCUT2D eigenvalue weighted by molar-refractivity contribution is 6.81. The van der Waals surface area contributed by atoms with Crippen molar-refractivity contribution in [3.63, 3.8) is 0 Å². The summed E-state index contributed by atoms with van der Waals surface area (Å²) < 4.78 is 42.5. The molecule has 0 rings (SSSR count). The van der Waals surface area contributed by atoms with E-state index in [-0.39, 0.29) is 0 Å². The van der Waals surface area contributed by atoms with E-state index in [2.05, 4.69) is 0 Å². The molecule has 0 aliphatic rings. The van der Waals surface area contributed by atoms with E-state index < -0.39 is 30.2 Å². The first-order chi connectivity index (χ1) is 8.93. The van der Waals surface area contributed by atoms with Crippen LogP contribution in [-0.2, 0) is 13.0 Å². The largest absolute Gasteiger partial charge is 0.414 e. The van der Waals surface area contributed by atoms with Crippen LogP contribution in [0.1, 0.15) is 34.6 Å². The molecule has 0 heterocycles. The van der Waals surface area contributed by atoms with E-state index >= 15 is 0 Å². The molecule has 0 atom stereocenters. The molecule has 0 bridgehead atoms. The van der Waals surface area contributed by atoms with E-state index in [4.69, 9.17) is 13.0 Å². The van der Waals surface area contributed by atoms with E-state index in [0.717, 1.165) is 12.1 Å². The summed E-state index contributed by atoms with van der Waals surface area (Å²) in [5.74, 6) is 0. The number of alkyl halides is 2. The monoisotopic (exact) mass is 314 g/mol. The van der Waals surface area contributed by atoms with E-state index in [1.54, 1.807) is 0 Å². The second-order valence-electron chi connectivity index (χ2n) is 4.47. The Morgan fingerprint density at radius 3 is 1.53 bits per heavy atom. The van der Waals surface area contributed by atoms with Crippen molar-refractivity contribution in [3.8, 4) is 0 Å². The fourth-order valence-corrected chi connectivity index (χ4v) is 10.3. The molecule has 0 fully saturated rings. The highest BCUT2D eigenvalue weighted by atomic mass is 28.5. The summed E-state index contributed by atoms with van der Waals surface area (Å²) in [6, 6.07) is 3.00. The van der Waals surface area contributed by atoms with Crippen LogP contribution in [0, 0.1) is 0 Å². The Labute approximate surface area is 118 Å². The first-order valence-electron chi connectivity index (χ1n) is 7.19. The van der Waals surface area contributed by atoms with Gasteiger partial charge in [0, 0.05) is 6.61 Å². The van der Waals surface area contributed by atoms with Crippen LogP contribution in [0.4, 0.5) is 8.78 Å². The fourth-order valence-electron chi connectivity index (χ4n) is 2.07. The molecular formula is C12H28F2O3Si2. The van der Waals surface area contributed by atoms with Crippen molar-refractivity contribution < 1.29 is 21.7 Å². The molecule has 116 valence electrons. The quantitative estimate of drug-likeness (QED) is 0.533. The second-order valence-corrected chi connectivity index (χ2v) is 12.3. The van der Waals surface area contributed by atoms with Crippen molar-refractivity contribution in [2.75, 3.05) is 13.2 Å². The van der Waals surface area contributed by atoms with Gasteiger partial charge in [-0.2, -0.15) is 0 Å². The molecule has 0 aromatic rings. The molecule has 0 spiro atoms. The lowest BCUT2D eigenvalue weighted by Crippen LogP contribution is -2.54. The number of halogens is 2. The molecule has 0 aliphatic carbocycles. The Balaban J connectivity index is 4.94. The summed E-state index contributed by atoms with van der Waals surface area (Å²) in [7, 11) is -4.87. The topological polar surface area (TPSA) is 27.7 Å². The zero-order chi connectivity index (χ0) is 14.9. The van der Waals surface area contributed by atoms with E-state index in [9.17, 15) is 8.78 Å². The lowest BCUT2D eigenvalue weighted by Gasteiger charge is -2.39. The van der Waals surface area contributed by atoms with Gasteiger partial charge in [0.05, 0.1) is 6.61 Å². The standard InChI is InChI=1S/C12H28F2O3Si2/c1-6-15-18(7-2,8-3)17-19(9-4,10-5)16-11-12(13)14/h12H,6-11H2,1-5H3. The van der Waals surface area contributed by atoms with Gasteiger partial charge in [0.15, 0.2) is 0 Å². The highest BCUT2D eigenvalue weighted by Crippen LogP contribution is 2.29. The third-order valence-electron chi connectivity index (χ3n) is 3.41. The zero-order valence-electron chi connectivity index (χ0n) is 12.8. The molecule has 0 saturated heterocycles. The SMILES string of the molecule is CCO[Si](CC)(CC)O[Si](CC)(CC)OCC(F)F. The van der Waals surface area contributed by atoms with Gasteiger partial charge in [0.1, 0.15) is 0 Å². The zero-order valence-corrected chi connectivity index (χ0v) is 14.8. The normalized spacial score (nSPS) is 13.3. The third-order valence-corrected chi connectivity index (χ3v) is 12.2. The van der Waals surface area contributed by atoms with Gasteiger partial charge < -0.3 is 13.0 Å². The molecule has 0 aliphatic heterocycles. The molecule has 0 amide bonds. The minimum absolute atomic E-state index is 0.530. The maximum atomic E-state index is 12.4. The van der Waals surface area contributed by atoms with Crippen LogP contribution in [0.3, 0.4) is 0 Å². The summed E-state index contributed by atoms with van der Waals surface area (Å²) in [5.41, 5.74) is 0. The third kappa shape index (κ3) is 5.99. The molecule has 3 nitrogen and oxygen atoms in total. The van der Waals surface area contributed by atoms with Crippen molar-refractivity contribution in [3.05, 3.63) is 0 Å². The minimum atomic E-state index is -2.56. The Morgan fingerprint density at radius 2 is 1.21 bits per heavy atom. The first kappa shape index (κ1) is 19.2. The van der Waals surface area contributed by atoms with Crippen LogP contribution in [0.15, 0.2) is 0 Å². The van der Waals surface area contributed by atoms with Crippen LogP contribution < -0.4 is 0 Å². The maximum Gasteiger partial charge on any atom is 0.329 e. The van der Waals surface area contributed by atoms with Crippen LogP contribution in [0.25, 0.3) is 0 Å². The number of rotatable bonds is 11. The molecule has 0 aromatic heterocycles. The van der Waals surface area contributed by atoms with Crippen LogP contribution >= 0.6 is 0 Å². The van der Waals surface area contributed by atoms with E-state index in [0.29, 0.717) is 18.7 Å². The highest BCUT2D eigenvalue weighted by Gasteiger charge is 2.45. The predicted octanol–water partition coefficient (Wildman–Crippen LogP) is 4.29. The van der Waals surface area contributed by atoms with Gasteiger partial charge in [-0.05, 0) is 31.1 Å². The van der Waals surface area contributed by atoms with Crippen LogP contribution in [0.2, 0.25) is 24.2 Å². The summed E-state index contributed by atoms with van der Waals surface area (Å²) >= 11 is 0. The van der Waals surface area contributed by atoms with Crippen LogP contribution in [0.5, 0.6) is 0 Å². The Kier molecular flexibility index (Phi) is 9.26. The molecule has 0 unspecified atom stereocenters. The van der Waals surface area contributed by atoms with E-state index in [1.807, 2.05) is 34.6 Å². The fraction of sp³-hybridized carbons (Fsp3) is 1.00. The van der Waals surface area contributed by atoms with Crippen molar-refractivity contribution in [2.45, 2.75) is 65.2 Å². The van der Waals surface area contributed by atoms with Crippen LogP contribution in [-0.4, -0.2) is 36.8 Å². The van der Waals surface area contributed by atoms with Gasteiger partial charge >= 0.3 is 17.1 Å². The van der Waals surface area contributed by atoms with Gasteiger partial charge in [0.25, 0.3) is 6.43 Å². The Bertz CT molecular complexity index is 235. The smallest absolute Gasteiger partial charge is 0.329 e. The molecule has 7 heteroatoms. The number of hydrogen-bond donors (Lipinski definition) is 0. The Morgan fingerprint density at radius 1 is 0.789 bits per heavy atom. The molecule has 0 saturated carbocycles. The van der Waals surface area contributed by atoms with E-state index in [1.165, 1.54) is 0 Å². The molecule has 0 aromatic carbocycles. The van der Waals surface area contributed by atoms with Gasteiger partial charge in [-0.3, -0.25) is 0 Å². The van der Waals surface area contributed by atoms with Gasteiger partial charge in [-0.25, -0.2) is 8.78 Å². The average molecular weight is 315 g/mol. The van der Waals surface area contributed by atoms with Crippen molar-refractivity contribution in [1.29, 1.82) is 0 Å². The Hall–Kier alpha value is 0.174. The van der Waals surface area contributed by atoms with Gasteiger partial charge in [0.2, 0.25) is 0 Å². The van der Waals surface area contributed by atoms with Gasteiger partial charge in [-0.1, -0.05) is 27.7 Å². The second kappa shape index (κ2) is 9.17. The lowest BCUT2D eigenvalue weighted by atomic mass is 10.8. The molecule has 19 heavy (non-hydrogen) atoms. The summed E-state index contributed by atoms with van der Waals surface area (Å²) in [4.78, 5) is 0. The van der Waals surface area contributed by atoms with Crippen molar-refractivity contribution in [2.24, 2.45) is 0 Å². The van der Waals surface area contributed by atoms with Gasteiger partial charge in [-0.15, -0.1) is 0 Å². The van der Waals surface area contributed by atoms with Crippen molar-refractivity contribution >= 4 is 17.1 Å². The lowest BCUT2D eigenvalue weighted by molar-refractivity contribution is 0.0617. The average Bonchev–Trinajstić information content (AvgIpc) is 2.42. The number of hydrogen-bond acceptors (Lipinski definition) is 3. The predicted molar refractivity (Wildman–Crippen MR) is 78.1 cm³/mol. The summed E-state index contributed by atoms with van der Waals surface area (Å²) in [5, 5.41) is 0. The summed E-state index contributed by atoms with van der Waals surface area (Å²) in [6.07, 6.45) is -2.44. The maximum absolute atomic E-state index is 12.4. The molecular weight excluding hydrogens is 286 g/mol. The first-order valence-corrected chi connectivity index (χ1v) is 11.6. The molecule has 0 N–H and O–H groups in total. The minimum Gasteiger partial charge on any atom is -0.414 e. The summed E-state index contributed by atoms with van der Waals surface area (Å²) in [6.45, 7) is 10.0.